The molecule has 0 spiro atoms. The lowest BCUT2D eigenvalue weighted by atomic mass is 9.94. The van der Waals surface area contributed by atoms with Crippen molar-refractivity contribution in [2.75, 3.05) is 12.4 Å². The Morgan fingerprint density at radius 2 is 2.04 bits per heavy atom. The highest BCUT2D eigenvalue weighted by Gasteiger charge is 2.20. The van der Waals surface area contributed by atoms with Crippen LogP contribution in [0.4, 0.5) is 5.69 Å². The maximum Gasteiger partial charge on any atom is 0.229 e. The van der Waals surface area contributed by atoms with Crippen LogP contribution in [0, 0.1) is 6.92 Å². The van der Waals surface area contributed by atoms with Crippen LogP contribution < -0.4 is 5.32 Å². The van der Waals surface area contributed by atoms with Crippen LogP contribution in [0.5, 0.6) is 0 Å². The summed E-state index contributed by atoms with van der Waals surface area (Å²) in [4.78, 5) is 14.9. The van der Waals surface area contributed by atoms with Crippen LogP contribution in [0.25, 0.3) is 0 Å². The van der Waals surface area contributed by atoms with Gasteiger partial charge in [-0.1, -0.05) is 42.6 Å². The molecule has 3 rings (SSSR count). The largest absolute Gasteiger partial charge is 0.344 e. The van der Waals surface area contributed by atoms with Gasteiger partial charge in [-0.2, -0.15) is 0 Å². The van der Waals surface area contributed by atoms with Crippen molar-refractivity contribution < 1.29 is 9.32 Å². The second-order valence-corrected chi connectivity index (χ2v) is 7.45. The lowest BCUT2D eigenvalue weighted by molar-refractivity contribution is -0.115. The molecule has 1 saturated carbocycles. The molecule has 1 aliphatic carbocycles. The molecule has 1 N–H and O–H groups in total. The highest BCUT2D eigenvalue weighted by molar-refractivity contribution is 6.29. The molecule has 1 heterocycles. The van der Waals surface area contributed by atoms with E-state index in [-0.39, 0.29) is 17.5 Å². The van der Waals surface area contributed by atoms with Crippen LogP contribution in [0.3, 0.4) is 0 Å². The number of nitrogens with zero attached hydrogens (tertiary/aromatic N) is 2. The molecular formula is C20H26ClN3O2. The molecule has 0 bridgehead atoms. The van der Waals surface area contributed by atoms with Crippen molar-refractivity contribution in [1.29, 1.82) is 0 Å². The predicted octanol–water partition coefficient (Wildman–Crippen LogP) is 4.58. The third kappa shape index (κ3) is 4.65. The molecule has 0 unspecified atom stereocenters. The lowest BCUT2D eigenvalue weighted by Gasteiger charge is -2.31. The van der Waals surface area contributed by atoms with Gasteiger partial charge < -0.3 is 9.84 Å². The minimum absolute atomic E-state index is 0.119. The number of rotatable bonds is 6. The van der Waals surface area contributed by atoms with Crippen LogP contribution >= 0.6 is 11.6 Å². The molecule has 5 nitrogen and oxygen atoms in total. The van der Waals surface area contributed by atoms with Crippen LogP contribution in [0.1, 0.15) is 48.9 Å². The Bertz CT molecular complexity index is 734. The number of hydrogen-bond acceptors (Lipinski definition) is 4. The van der Waals surface area contributed by atoms with Crippen molar-refractivity contribution in [1.82, 2.24) is 10.1 Å². The van der Waals surface area contributed by atoms with Gasteiger partial charge in [0.05, 0.1) is 12.1 Å². The second-order valence-electron chi connectivity index (χ2n) is 7.11. The zero-order chi connectivity index (χ0) is 18.5. The Labute approximate surface area is 159 Å². The normalized spacial score (nSPS) is 15.4. The maximum atomic E-state index is 12.5. The van der Waals surface area contributed by atoms with E-state index >= 15 is 0 Å². The van der Waals surface area contributed by atoms with E-state index in [1.807, 2.05) is 18.2 Å². The molecule has 0 saturated heterocycles. The van der Waals surface area contributed by atoms with E-state index in [2.05, 4.69) is 28.5 Å². The number of carbonyl (C=O) groups is 1. The Balaban J connectivity index is 1.65. The van der Waals surface area contributed by atoms with Gasteiger partial charge in [-0.15, -0.1) is 0 Å². The van der Waals surface area contributed by atoms with Gasteiger partial charge in [-0.3, -0.25) is 9.69 Å². The number of nitrogens with one attached hydrogen (secondary N) is 1. The molecule has 1 amide bonds. The summed E-state index contributed by atoms with van der Waals surface area (Å²) in [5.41, 5.74) is 3.27. The number of anilines is 1. The topological polar surface area (TPSA) is 58.4 Å². The summed E-state index contributed by atoms with van der Waals surface area (Å²) in [5.74, 6) is -0.119. The van der Waals surface area contributed by atoms with Crippen LogP contribution in [-0.4, -0.2) is 29.1 Å². The molecule has 0 atom stereocenters. The zero-order valence-electron chi connectivity index (χ0n) is 15.4. The van der Waals surface area contributed by atoms with Gasteiger partial charge in [0.2, 0.25) is 11.1 Å². The van der Waals surface area contributed by atoms with E-state index in [0.29, 0.717) is 17.3 Å². The fourth-order valence-corrected chi connectivity index (χ4v) is 3.85. The molecule has 1 fully saturated rings. The van der Waals surface area contributed by atoms with Crippen molar-refractivity contribution in [3.63, 3.8) is 0 Å². The SMILES string of the molecule is Cc1noc(Cl)c1CC(=O)Nc1ccccc1CN(C)C1CCCCC1. The van der Waals surface area contributed by atoms with Gasteiger partial charge in [0.1, 0.15) is 0 Å². The van der Waals surface area contributed by atoms with Crippen molar-refractivity contribution in [3.05, 3.63) is 46.3 Å². The Morgan fingerprint density at radius 1 is 1.31 bits per heavy atom. The molecule has 2 aromatic rings. The minimum Gasteiger partial charge on any atom is -0.344 e. The van der Waals surface area contributed by atoms with E-state index in [0.717, 1.165) is 17.8 Å². The first-order valence-corrected chi connectivity index (χ1v) is 9.61. The van der Waals surface area contributed by atoms with Gasteiger partial charge in [0.15, 0.2) is 0 Å². The smallest absolute Gasteiger partial charge is 0.229 e. The zero-order valence-corrected chi connectivity index (χ0v) is 16.2. The molecule has 1 aromatic carbocycles. The first kappa shape index (κ1) is 18.9. The second kappa shape index (κ2) is 8.69. The van der Waals surface area contributed by atoms with E-state index in [1.54, 1.807) is 6.92 Å². The summed E-state index contributed by atoms with van der Waals surface area (Å²) in [6.45, 7) is 2.61. The molecule has 140 valence electrons. The van der Waals surface area contributed by atoms with Crippen molar-refractivity contribution in [3.8, 4) is 0 Å². The average Bonchev–Trinajstić information content (AvgIpc) is 2.96. The van der Waals surface area contributed by atoms with Crippen molar-refractivity contribution in [2.24, 2.45) is 0 Å². The summed E-state index contributed by atoms with van der Waals surface area (Å²) in [6, 6.07) is 8.61. The average molecular weight is 376 g/mol. The van der Waals surface area contributed by atoms with Crippen molar-refractivity contribution >= 4 is 23.2 Å². The first-order valence-electron chi connectivity index (χ1n) is 9.23. The molecule has 1 aromatic heterocycles. The third-order valence-corrected chi connectivity index (χ3v) is 5.48. The quantitative estimate of drug-likeness (QED) is 0.802. The van der Waals surface area contributed by atoms with E-state index in [9.17, 15) is 4.79 Å². The molecule has 1 aliphatic rings. The molecule has 0 radical (unpaired) electrons. The van der Waals surface area contributed by atoms with Gasteiger partial charge >= 0.3 is 0 Å². The highest BCUT2D eigenvalue weighted by Crippen LogP contribution is 2.25. The van der Waals surface area contributed by atoms with Gasteiger partial charge in [0.25, 0.3) is 0 Å². The number of aryl methyl sites for hydroxylation is 1. The molecule has 26 heavy (non-hydrogen) atoms. The van der Waals surface area contributed by atoms with Gasteiger partial charge in [-0.05, 0) is 50.0 Å². The van der Waals surface area contributed by atoms with Gasteiger partial charge in [0, 0.05) is 23.8 Å². The molecule has 6 heteroatoms. The van der Waals surface area contributed by atoms with Crippen LogP contribution in [0.15, 0.2) is 28.8 Å². The van der Waals surface area contributed by atoms with Crippen LogP contribution in [0.2, 0.25) is 5.22 Å². The Hall–Kier alpha value is -1.85. The lowest BCUT2D eigenvalue weighted by Crippen LogP contribution is -2.33. The predicted molar refractivity (Wildman–Crippen MR) is 103 cm³/mol. The van der Waals surface area contributed by atoms with Crippen LogP contribution in [-0.2, 0) is 17.8 Å². The number of benzene rings is 1. The Kier molecular flexibility index (Phi) is 6.33. The fourth-order valence-electron chi connectivity index (χ4n) is 3.61. The minimum atomic E-state index is -0.119. The van der Waals surface area contributed by atoms with Gasteiger partial charge in [-0.25, -0.2) is 0 Å². The summed E-state index contributed by atoms with van der Waals surface area (Å²) in [6.07, 6.45) is 6.65. The molecular weight excluding hydrogens is 350 g/mol. The summed E-state index contributed by atoms with van der Waals surface area (Å²) in [7, 11) is 2.18. The summed E-state index contributed by atoms with van der Waals surface area (Å²) >= 11 is 5.96. The summed E-state index contributed by atoms with van der Waals surface area (Å²) < 4.78 is 4.92. The monoisotopic (exact) mass is 375 g/mol. The number of para-hydroxylation sites is 1. The maximum absolute atomic E-state index is 12.5. The van der Waals surface area contributed by atoms with E-state index in [4.69, 9.17) is 16.1 Å². The number of halogens is 1. The third-order valence-electron chi connectivity index (χ3n) is 5.18. The standard InChI is InChI=1S/C20H26ClN3O2/c1-14-17(20(21)26-23-14)12-19(25)22-18-11-7-6-8-15(18)13-24(2)16-9-4-3-5-10-16/h6-8,11,16H,3-5,9-10,12-13H2,1-2H3,(H,22,25). The number of carbonyl (C=O) groups excluding carboxylic acids is 1. The first-order chi connectivity index (χ1) is 12.5. The van der Waals surface area contributed by atoms with E-state index in [1.165, 1.54) is 32.1 Å². The number of hydrogen-bond donors (Lipinski definition) is 1. The highest BCUT2D eigenvalue weighted by atomic mass is 35.5. The summed E-state index contributed by atoms with van der Waals surface area (Å²) in [5, 5.41) is 6.99. The van der Waals surface area contributed by atoms with Crippen molar-refractivity contribution in [2.45, 2.75) is 58.0 Å². The fraction of sp³-hybridized carbons (Fsp3) is 0.500. The number of aromatic nitrogens is 1. The Morgan fingerprint density at radius 3 is 2.73 bits per heavy atom. The number of amides is 1. The van der Waals surface area contributed by atoms with E-state index < -0.39 is 0 Å². The molecule has 0 aliphatic heterocycles.